The highest BCUT2D eigenvalue weighted by atomic mass is 35.5. The van der Waals surface area contributed by atoms with Crippen LogP contribution in [0, 0.1) is 39.2 Å². The molecule has 7 heteroatoms. The van der Waals surface area contributed by atoms with Crippen molar-refractivity contribution in [1.82, 2.24) is 0 Å². The Kier molecular flexibility index (Phi) is 2.51. The van der Waals surface area contributed by atoms with Crippen LogP contribution < -0.4 is 4.90 Å². The molecule has 2 saturated carbocycles. The average Bonchev–Trinajstić information content (AvgIpc) is 3.14. The second-order valence-electron chi connectivity index (χ2n) is 7.13. The Balaban J connectivity index is 1.56. The van der Waals surface area contributed by atoms with Crippen molar-refractivity contribution in [3.8, 4) is 0 Å². The first-order valence-electron chi connectivity index (χ1n) is 7.96. The molecule has 1 saturated heterocycles. The van der Waals surface area contributed by atoms with Crippen molar-refractivity contribution < 1.29 is 14.5 Å². The number of fused-ring (bicyclic) bond motifs is 3. The zero-order chi connectivity index (χ0) is 16.8. The lowest BCUT2D eigenvalue weighted by molar-refractivity contribution is -0.384. The lowest BCUT2D eigenvalue weighted by Gasteiger charge is -2.21. The number of nitrogens with zero attached hydrogens (tertiary/aromatic N) is 2. The number of amides is 2. The number of hydrogen-bond acceptors (Lipinski definition) is 4. The zero-order valence-electron chi connectivity index (χ0n) is 12.5. The predicted octanol–water partition coefficient (Wildman–Crippen LogP) is 2.95. The molecule has 1 aromatic carbocycles. The van der Waals surface area contributed by atoms with Gasteiger partial charge in [0.1, 0.15) is 5.02 Å². The topological polar surface area (TPSA) is 80.5 Å². The normalized spacial score (nSPS) is 34.3. The van der Waals surface area contributed by atoms with E-state index in [0.29, 0.717) is 0 Å². The summed E-state index contributed by atoms with van der Waals surface area (Å²) in [4.78, 5) is 37.5. The van der Waals surface area contributed by atoms with Crippen molar-refractivity contribution in [2.75, 3.05) is 4.90 Å². The van der Waals surface area contributed by atoms with Crippen molar-refractivity contribution in [3.05, 3.63) is 45.5 Å². The summed E-state index contributed by atoms with van der Waals surface area (Å²) < 4.78 is 0. The standard InChI is InChI=1S/C17H13ClN2O4/c18-11-4-1-8(7-12(11)20(23)24)19-15(21)13-9-2-3-10(14(13)16(19)22)17(9)5-6-17/h1-4,7,9-10,13-14H,5-6H2/t9-,10-,13-,14-/m1/s1. The zero-order valence-corrected chi connectivity index (χ0v) is 13.3. The Morgan fingerprint density at radius 2 is 1.71 bits per heavy atom. The van der Waals surface area contributed by atoms with Crippen molar-refractivity contribution >= 4 is 34.8 Å². The first kappa shape index (κ1) is 14.2. The molecule has 1 heterocycles. The third kappa shape index (κ3) is 1.48. The molecule has 2 amide bonds. The lowest BCUT2D eigenvalue weighted by atomic mass is 9.85. The molecule has 0 N–H and O–H groups in total. The van der Waals surface area contributed by atoms with Gasteiger partial charge in [0, 0.05) is 6.07 Å². The minimum Gasteiger partial charge on any atom is -0.274 e. The summed E-state index contributed by atoms with van der Waals surface area (Å²) in [6, 6.07) is 4.06. The van der Waals surface area contributed by atoms with Gasteiger partial charge in [-0.15, -0.1) is 0 Å². The average molecular weight is 345 g/mol. The summed E-state index contributed by atoms with van der Waals surface area (Å²) in [5.74, 6) is -0.823. The number of nitro groups is 1. The van der Waals surface area contributed by atoms with Crippen LogP contribution in [-0.2, 0) is 9.59 Å². The predicted molar refractivity (Wildman–Crippen MR) is 85.4 cm³/mol. The quantitative estimate of drug-likeness (QED) is 0.357. The van der Waals surface area contributed by atoms with Gasteiger partial charge in [0.25, 0.3) is 5.69 Å². The number of halogens is 1. The molecule has 5 rings (SSSR count). The van der Waals surface area contributed by atoms with Crippen LogP contribution in [0.5, 0.6) is 0 Å². The van der Waals surface area contributed by atoms with Gasteiger partial charge in [-0.2, -0.15) is 0 Å². The van der Waals surface area contributed by atoms with E-state index in [-0.39, 0.29) is 57.3 Å². The van der Waals surface area contributed by atoms with Crippen LogP contribution in [0.2, 0.25) is 5.02 Å². The van der Waals surface area contributed by atoms with E-state index >= 15 is 0 Å². The van der Waals surface area contributed by atoms with E-state index in [9.17, 15) is 19.7 Å². The highest BCUT2D eigenvalue weighted by molar-refractivity contribution is 6.33. The summed E-state index contributed by atoms with van der Waals surface area (Å²) in [7, 11) is 0. The molecule has 1 aliphatic heterocycles. The second kappa shape index (κ2) is 4.25. The minimum atomic E-state index is -0.609. The Hall–Kier alpha value is -2.21. The van der Waals surface area contributed by atoms with E-state index in [1.807, 2.05) is 0 Å². The van der Waals surface area contributed by atoms with Crippen LogP contribution in [-0.4, -0.2) is 16.7 Å². The molecule has 1 aromatic rings. The third-order valence-corrected chi connectivity index (χ3v) is 6.56. The van der Waals surface area contributed by atoms with Crippen LogP contribution in [0.25, 0.3) is 0 Å². The van der Waals surface area contributed by atoms with Gasteiger partial charge in [-0.25, -0.2) is 4.90 Å². The number of nitro benzene ring substituents is 1. The van der Waals surface area contributed by atoms with Crippen molar-refractivity contribution in [2.24, 2.45) is 29.1 Å². The van der Waals surface area contributed by atoms with E-state index in [1.54, 1.807) is 0 Å². The number of rotatable bonds is 2. The van der Waals surface area contributed by atoms with E-state index in [2.05, 4.69) is 12.2 Å². The molecule has 6 nitrogen and oxygen atoms in total. The molecule has 122 valence electrons. The van der Waals surface area contributed by atoms with E-state index < -0.39 is 4.92 Å². The Morgan fingerprint density at radius 3 is 2.21 bits per heavy atom. The van der Waals surface area contributed by atoms with Crippen molar-refractivity contribution in [3.63, 3.8) is 0 Å². The molecular formula is C17H13ClN2O4. The molecule has 24 heavy (non-hydrogen) atoms. The van der Waals surface area contributed by atoms with Gasteiger partial charge < -0.3 is 0 Å². The smallest absolute Gasteiger partial charge is 0.274 e. The van der Waals surface area contributed by atoms with Gasteiger partial charge >= 0.3 is 0 Å². The molecule has 4 atom stereocenters. The van der Waals surface area contributed by atoms with Crippen molar-refractivity contribution in [1.29, 1.82) is 0 Å². The summed E-state index contributed by atoms with van der Waals surface area (Å²) in [5.41, 5.74) is 0.0741. The first-order chi connectivity index (χ1) is 11.5. The molecule has 4 aliphatic rings. The second-order valence-corrected chi connectivity index (χ2v) is 7.53. The third-order valence-electron chi connectivity index (χ3n) is 6.24. The van der Waals surface area contributed by atoms with Crippen LogP contribution in [0.15, 0.2) is 30.4 Å². The molecule has 0 aromatic heterocycles. The van der Waals surface area contributed by atoms with Crippen LogP contribution in [0.1, 0.15) is 12.8 Å². The van der Waals surface area contributed by atoms with Crippen LogP contribution in [0.4, 0.5) is 11.4 Å². The number of benzene rings is 1. The summed E-state index contributed by atoms with van der Waals surface area (Å²) in [5, 5.41) is 11.1. The molecule has 0 unspecified atom stereocenters. The first-order valence-corrected chi connectivity index (χ1v) is 8.33. The van der Waals surface area contributed by atoms with Gasteiger partial charge in [-0.3, -0.25) is 19.7 Å². The molecular weight excluding hydrogens is 332 g/mol. The summed E-state index contributed by atoms with van der Waals surface area (Å²) in [6.07, 6.45) is 6.35. The Morgan fingerprint density at radius 1 is 1.12 bits per heavy atom. The van der Waals surface area contributed by atoms with E-state index in [4.69, 9.17) is 11.6 Å². The number of allylic oxidation sites excluding steroid dienone is 2. The maximum absolute atomic E-state index is 12.9. The highest BCUT2D eigenvalue weighted by Crippen LogP contribution is 2.73. The molecule has 2 bridgehead atoms. The fourth-order valence-electron chi connectivity index (χ4n) is 5.11. The SMILES string of the molecule is O=C1[C@H]2[C@H](C(=O)N1c1ccc(Cl)c([N+](=O)[O-])c1)[C@H]1C=C[C@H]2C12CC2. The van der Waals surface area contributed by atoms with Gasteiger partial charge in [-0.1, -0.05) is 23.8 Å². The number of carbonyl (C=O) groups is 2. The molecule has 3 aliphatic carbocycles. The highest BCUT2D eigenvalue weighted by Gasteiger charge is 2.73. The maximum atomic E-state index is 12.9. The van der Waals surface area contributed by atoms with E-state index in [0.717, 1.165) is 17.7 Å². The lowest BCUT2D eigenvalue weighted by Crippen LogP contribution is -2.34. The van der Waals surface area contributed by atoms with Gasteiger partial charge in [0.05, 0.1) is 22.4 Å². The summed E-state index contributed by atoms with van der Waals surface area (Å²) in [6.45, 7) is 0. The Labute approximate surface area is 142 Å². The van der Waals surface area contributed by atoms with Crippen molar-refractivity contribution in [2.45, 2.75) is 12.8 Å². The largest absolute Gasteiger partial charge is 0.289 e. The number of carbonyl (C=O) groups excluding carboxylic acids is 2. The van der Waals surface area contributed by atoms with Crippen LogP contribution >= 0.6 is 11.6 Å². The maximum Gasteiger partial charge on any atom is 0.289 e. The number of imide groups is 1. The van der Waals surface area contributed by atoms with Gasteiger partial charge in [0.15, 0.2) is 0 Å². The monoisotopic (exact) mass is 344 g/mol. The number of anilines is 1. The summed E-state index contributed by atoms with van der Waals surface area (Å²) >= 11 is 5.83. The molecule has 3 fully saturated rings. The van der Waals surface area contributed by atoms with Gasteiger partial charge in [0.2, 0.25) is 11.8 Å². The fourth-order valence-corrected chi connectivity index (χ4v) is 5.30. The minimum absolute atomic E-state index is 0.0123. The fraction of sp³-hybridized carbons (Fsp3) is 0.412. The van der Waals surface area contributed by atoms with Crippen LogP contribution in [0.3, 0.4) is 0 Å². The molecule has 0 radical (unpaired) electrons. The Bertz CT molecular complexity index is 826. The van der Waals surface area contributed by atoms with E-state index in [1.165, 1.54) is 18.2 Å². The number of hydrogen-bond donors (Lipinski definition) is 0. The molecule has 1 spiro atoms. The van der Waals surface area contributed by atoms with Gasteiger partial charge in [-0.05, 0) is 42.2 Å².